The van der Waals surface area contributed by atoms with E-state index in [1.807, 2.05) is 19.3 Å². The second-order valence-corrected chi connectivity index (χ2v) is 2.24. The van der Waals surface area contributed by atoms with Gasteiger partial charge in [0.2, 0.25) is 0 Å². The van der Waals surface area contributed by atoms with Gasteiger partial charge in [-0.25, -0.2) is 4.98 Å². The number of aryl methyl sites for hydroxylation is 1. The molecule has 56 valence electrons. The Hall–Kier alpha value is -1.58. The van der Waals surface area contributed by atoms with Crippen molar-refractivity contribution in [1.82, 2.24) is 14.8 Å². The highest BCUT2D eigenvalue weighted by Crippen LogP contribution is 2.14. The second-order valence-electron chi connectivity index (χ2n) is 2.24. The van der Waals surface area contributed by atoms with Crippen molar-refractivity contribution < 1.29 is 4.42 Å². The number of hydrogen-bond acceptors (Lipinski definition) is 3. The van der Waals surface area contributed by atoms with Gasteiger partial charge < -0.3 is 4.42 Å². The van der Waals surface area contributed by atoms with Crippen molar-refractivity contribution in [1.29, 1.82) is 0 Å². The van der Waals surface area contributed by atoms with E-state index in [1.54, 1.807) is 10.9 Å². The van der Waals surface area contributed by atoms with E-state index in [0.717, 1.165) is 5.69 Å². The van der Waals surface area contributed by atoms with Crippen LogP contribution in [0.2, 0.25) is 0 Å². The van der Waals surface area contributed by atoms with Crippen LogP contribution in [0.25, 0.3) is 11.5 Å². The summed E-state index contributed by atoms with van der Waals surface area (Å²) >= 11 is 0. The lowest BCUT2D eigenvalue weighted by atomic mass is 10.4. The second kappa shape index (κ2) is 2.23. The monoisotopic (exact) mass is 149 g/mol. The predicted octanol–water partition coefficient (Wildman–Crippen LogP) is 1.08. The molecule has 0 fully saturated rings. The molecule has 0 saturated carbocycles. The lowest BCUT2D eigenvalue weighted by Crippen LogP contribution is -1.86. The van der Waals surface area contributed by atoms with Gasteiger partial charge in [0.05, 0.1) is 6.20 Å². The molecule has 2 aromatic rings. The molecule has 0 aliphatic carbocycles. The number of oxazole rings is 1. The van der Waals surface area contributed by atoms with E-state index >= 15 is 0 Å². The average Bonchev–Trinajstić information content (AvgIpc) is 2.55. The fourth-order valence-electron chi connectivity index (χ4n) is 0.889. The third-order valence-electron chi connectivity index (χ3n) is 1.40. The van der Waals surface area contributed by atoms with Crippen LogP contribution in [0.3, 0.4) is 0 Å². The molecule has 2 aromatic heterocycles. The maximum absolute atomic E-state index is 5.05. The number of hydrogen-bond donors (Lipinski definition) is 0. The topological polar surface area (TPSA) is 43.9 Å². The van der Waals surface area contributed by atoms with Crippen molar-refractivity contribution >= 4 is 0 Å². The van der Waals surface area contributed by atoms with Crippen LogP contribution in [0, 0.1) is 0 Å². The van der Waals surface area contributed by atoms with Gasteiger partial charge >= 0.3 is 0 Å². The van der Waals surface area contributed by atoms with Crippen LogP contribution in [-0.2, 0) is 7.05 Å². The Labute approximate surface area is 63.5 Å². The first-order valence-electron chi connectivity index (χ1n) is 3.25. The van der Waals surface area contributed by atoms with Gasteiger partial charge in [0, 0.05) is 13.2 Å². The summed E-state index contributed by atoms with van der Waals surface area (Å²) in [5, 5.41) is 4.14. The largest absolute Gasteiger partial charge is 0.442 e. The predicted molar refractivity (Wildman–Crippen MR) is 38.7 cm³/mol. The summed E-state index contributed by atoms with van der Waals surface area (Å²) in [6, 6.07) is 1.88. The first kappa shape index (κ1) is 6.15. The molecular formula is C7H7N3O. The fourth-order valence-corrected chi connectivity index (χ4v) is 0.889. The summed E-state index contributed by atoms with van der Waals surface area (Å²) in [6.07, 6.45) is 4.89. The van der Waals surface area contributed by atoms with Crippen molar-refractivity contribution in [3.05, 3.63) is 24.9 Å². The smallest absolute Gasteiger partial charge is 0.181 e. The summed E-state index contributed by atoms with van der Waals surface area (Å²) in [6.45, 7) is 0. The van der Waals surface area contributed by atoms with Crippen LogP contribution < -0.4 is 0 Å². The van der Waals surface area contributed by atoms with Crippen molar-refractivity contribution in [2.75, 3.05) is 0 Å². The summed E-state index contributed by atoms with van der Waals surface area (Å²) in [5.74, 6) is 0.700. The highest BCUT2D eigenvalue weighted by molar-refractivity contribution is 5.48. The van der Waals surface area contributed by atoms with Gasteiger partial charge in [0.15, 0.2) is 12.2 Å². The summed E-state index contributed by atoms with van der Waals surface area (Å²) in [4.78, 5) is 3.79. The maximum Gasteiger partial charge on any atom is 0.181 e. The summed E-state index contributed by atoms with van der Waals surface area (Å²) in [7, 11) is 1.86. The first-order chi connectivity index (χ1) is 5.36. The lowest BCUT2D eigenvalue weighted by molar-refractivity contribution is 0.568. The van der Waals surface area contributed by atoms with Gasteiger partial charge in [-0.2, -0.15) is 5.10 Å². The zero-order valence-electron chi connectivity index (χ0n) is 6.06. The van der Waals surface area contributed by atoms with Crippen molar-refractivity contribution in [2.45, 2.75) is 0 Å². The molecule has 11 heavy (non-hydrogen) atoms. The van der Waals surface area contributed by atoms with Crippen LogP contribution in [0.4, 0.5) is 0 Å². The van der Waals surface area contributed by atoms with E-state index < -0.39 is 0 Å². The van der Waals surface area contributed by atoms with E-state index in [2.05, 4.69) is 10.1 Å². The third-order valence-corrected chi connectivity index (χ3v) is 1.40. The minimum Gasteiger partial charge on any atom is -0.442 e. The molecule has 0 atom stereocenters. The Bertz CT molecular complexity index is 336. The fraction of sp³-hybridized carbons (Fsp3) is 0.143. The molecule has 0 radical (unpaired) electrons. The van der Waals surface area contributed by atoms with E-state index in [-0.39, 0.29) is 0 Å². The molecule has 0 spiro atoms. The molecule has 4 heteroatoms. The highest BCUT2D eigenvalue weighted by atomic mass is 16.3. The highest BCUT2D eigenvalue weighted by Gasteiger charge is 2.02. The standard InChI is InChI=1S/C7H7N3O/c1-10-3-2-6(9-10)7-4-8-5-11-7/h2-5H,1H3. The normalized spacial score (nSPS) is 10.3. The van der Waals surface area contributed by atoms with Gasteiger partial charge in [0.1, 0.15) is 5.69 Å². The van der Waals surface area contributed by atoms with Gasteiger partial charge in [-0.1, -0.05) is 0 Å². The van der Waals surface area contributed by atoms with Gasteiger partial charge in [0.25, 0.3) is 0 Å². The summed E-state index contributed by atoms with van der Waals surface area (Å²) in [5.41, 5.74) is 0.810. The molecule has 4 nitrogen and oxygen atoms in total. The molecule has 2 rings (SSSR count). The van der Waals surface area contributed by atoms with E-state index in [4.69, 9.17) is 4.42 Å². The van der Waals surface area contributed by atoms with Gasteiger partial charge in [-0.05, 0) is 6.07 Å². The molecule has 2 heterocycles. The van der Waals surface area contributed by atoms with Crippen LogP contribution in [-0.4, -0.2) is 14.8 Å². The lowest BCUT2D eigenvalue weighted by Gasteiger charge is -1.85. The maximum atomic E-state index is 5.05. The molecule has 0 unspecified atom stereocenters. The average molecular weight is 149 g/mol. The number of rotatable bonds is 1. The Morgan fingerprint density at radius 1 is 1.55 bits per heavy atom. The number of nitrogens with zero attached hydrogens (tertiary/aromatic N) is 3. The Morgan fingerprint density at radius 3 is 3.00 bits per heavy atom. The van der Waals surface area contributed by atoms with Crippen LogP contribution in [0.1, 0.15) is 0 Å². The zero-order valence-corrected chi connectivity index (χ0v) is 6.06. The van der Waals surface area contributed by atoms with E-state index in [1.165, 1.54) is 6.39 Å². The van der Waals surface area contributed by atoms with E-state index in [0.29, 0.717) is 5.76 Å². The van der Waals surface area contributed by atoms with Gasteiger partial charge in [-0.15, -0.1) is 0 Å². The first-order valence-corrected chi connectivity index (χ1v) is 3.25. The van der Waals surface area contributed by atoms with Crippen LogP contribution in [0.15, 0.2) is 29.3 Å². The third kappa shape index (κ3) is 1.02. The molecule has 0 saturated heterocycles. The Morgan fingerprint density at radius 2 is 2.45 bits per heavy atom. The minimum absolute atomic E-state index is 0.700. The molecule has 0 aromatic carbocycles. The molecule has 0 aliphatic heterocycles. The van der Waals surface area contributed by atoms with Crippen LogP contribution >= 0.6 is 0 Å². The van der Waals surface area contributed by atoms with Gasteiger partial charge in [-0.3, -0.25) is 4.68 Å². The van der Waals surface area contributed by atoms with Crippen LogP contribution in [0.5, 0.6) is 0 Å². The van der Waals surface area contributed by atoms with E-state index in [9.17, 15) is 0 Å². The zero-order chi connectivity index (χ0) is 7.68. The summed E-state index contributed by atoms with van der Waals surface area (Å²) < 4.78 is 6.77. The minimum atomic E-state index is 0.700. The SMILES string of the molecule is Cn1ccc(-c2cnco2)n1. The molecule has 0 N–H and O–H groups in total. The molecule has 0 amide bonds. The quantitative estimate of drug-likeness (QED) is 0.609. The molecular weight excluding hydrogens is 142 g/mol. The molecule has 0 aliphatic rings. The van der Waals surface area contributed by atoms with Crippen molar-refractivity contribution in [3.63, 3.8) is 0 Å². The Kier molecular flexibility index (Phi) is 1.25. The van der Waals surface area contributed by atoms with Crippen molar-refractivity contribution in [3.8, 4) is 11.5 Å². The molecule has 0 bridgehead atoms. The number of aromatic nitrogens is 3. The van der Waals surface area contributed by atoms with Crippen molar-refractivity contribution in [2.24, 2.45) is 7.05 Å². The Balaban J connectivity index is 2.45.